The number of rotatable bonds is 7. The summed E-state index contributed by atoms with van der Waals surface area (Å²) >= 11 is 0. The molecule has 1 aromatic carbocycles. The van der Waals surface area contributed by atoms with Crippen molar-refractivity contribution in [1.82, 2.24) is 5.32 Å². The maximum atomic E-state index is 13.9. The second kappa shape index (κ2) is 6.92. The second-order valence-electron chi connectivity index (χ2n) is 4.87. The number of sulfonamides is 1. The van der Waals surface area contributed by atoms with Gasteiger partial charge in [-0.2, -0.15) is 0 Å². The van der Waals surface area contributed by atoms with E-state index in [0.717, 1.165) is 26.4 Å². The van der Waals surface area contributed by atoms with Gasteiger partial charge in [-0.15, -0.1) is 0 Å². The van der Waals surface area contributed by atoms with E-state index in [9.17, 15) is 22.4 Å². The first kappa shape index (κ1) is 18.8. The molecule has 0 aliphatic heterocycles. The van der Waals surface area contributed by atoms with Crippen molar-refractivity contribution in [2.24, 2.45) is 0 Å². The minimum absolute atomic E-state index is 0.0535. The van der Waals surface area contributed by atoms with Crippen molar-refractivity contribution in [3.63, 3.8) is 0 Å². The molecule has 8 nitrogen and oxygen atoms in total. The first-order valence-corrected chi connectivity index (χ1v) is 8.22. The van der Waals surface area contributed by atoms with Gasteiger partial charge in [0, 0.05) is 19.2 Å². The van der Waals surface area contributed by atoms with Crippen LogP contribution < -0.4 is 10.0 Å². The van der Waals surface area contributed by atoms with Crippen molar-refractivity contribution in [1.29, 1.82) is 0 Å². The van der Waals surface area contributed by atoms with Crippen molar-refractivity contribution in [2.45, 2.75) is 19.1 Å². The summed E-state index contributed by atoms with van der Waals surface area (Å²) in [5.74, 6) is -3.27. The van der Waals surface area contributed by atoms with E-state index >= 15 is 0 Å². The topological polar surface area (TPSA) is 122 Å². The smallest absolute Gasteiger partial charge is 0.345 e. The minimum atomic E-state index is -3.65. The zero-order valence-corrected chi connectivity index (χ0v) is 13.5. The van der Waals surface area contributed by atoms with Crippen LogP contribution in [0, 0.1) is 5.82 Å². The molecule has 0 saturated heterocycles. The van der Waals surface area contributed by atoms with Crippen molar-refractivity contribution < 1.29 is 32.2 Å². The number of carbonyl (C=O) groups excluding carboxylic acids is 1. The fourth-order valence-electron chi connectivity index (χ4n) is 1.65. The molecule has 1 unspecified atom stereocenters. The molecule has 1 atom stereocenters. The summed E-state index contributed by atoms with van der Waals surface area (Å²) in [6.45, 7) is 0.622. The molecule has 23 heavy (non-hydrogen) atoms. The monoisotopic (exact) mass is 348 g/mol. The van der Waals surface area contributed by atoms with Gasteiger partial charge < -0.3 is 15.2 Å². The zero-order chi connectivity index (χ0) is 17.8. The van der Waals surface area contributed by atoms with Crippen molar-refractivity contribution >= 4 is 27.6 Å². The Kier molecular flexibility index (Phi) is 5.67. The Morgan fingerprint density at radius 1 is 1.39 bits per heavy atom. The van der Waals surface area contributed by atoms with Gasteiger partial charge in [-0.1, -0.05) is 6.07 Å². The third kappa shape index (κ3) is 4.63. The molecule has 0 saturated carbocycles. The summed E-state index contributed by atoms with van der Waals surface area (Å²) in [5.41, 5.74) is -2.33. The number of amides is 1. The molecule has 1 rings (SSSR count). The number of benzene rings is 1. The Labute approximate surface area is 132 Å². The van der Waals surface area contributed by atoms with Crippen LogP contribution in [0.4, 0.5) is 10.1 Å². The first-order chi connectivity index (χ1) is 10.5. The van der Waals surface area contributed by atoms with Gasteiger partial charge in [0.05, 0.1) is 11.9 Å². The molecule has 0 aliphatic rings. The molecule has 0 heterocycles. The lowest BCUT2D eigenvalue weighted by atomic mass is 10.1. The second-order valence-corrected chi connectivity index (χ2v) is 6.61. The number of halogens is 1. The number of hydrogen-bond acceptors (Lipinski definition) is 5. The van der Waals surface area contributed by atoms with E-state index in [0.29, 0.717) is 0 Å². The van der Waals surface area contributed by atoms with Crippen LogP contribution in [-0.2, 0) is 30.9 Å². The third-order valence-corrected chi connectivity index (χ3v) is 3.68. The van der Waals surface area contributed by atoms with E-state index in [2.05, 4.69) is 14.8 Å². The van der Waals surface area contributed by atoms with Gasteiger partial charge in [0.1, 0.15) is 5.82 Å². The summed E-state index contributed by atoms with van der Waals surface area (Å²) in [6, 6.07) is 3.70. The van der Waals surface area contributed by atoms with Crippen LogP contribution in [0.3, 0.4) is 0 Å². The maximum Gasteiger partial charge on any atom is 0.345 e. The zero-order valence-electron chi connectivity index (χ0n) is 12.7. The van der Waals surface area contributed by atoms with Crippen LogP contribution in [0.1, 0.15) is 12.5 Å². The van der Waals surface area contributed by atoms with Gasteiger partial charge in [0.25, 0.3) is 5.91 Å². The average Bonchev–Trinajstić information content (AvgIpc) is 2.43. The van der Waals surface area contributed by atoms with Crippen LogP contribution in [0.2, 0.25) is 0 Å². The number of hydrogen-bond donors (Lipinski definition) is 3. The molecular formula is C13H17FN2O6S. The quantitative estimate of drug-likeness (QED) is 0.610. The first-order valence-electron chi connectivity index (χ1n) is 6.33. The molecule has 0 radical (unpaired) electrons. The lowest BCUT2D eigenvalue weighted by molar-refractivity contribution is -0.167. The van der Waals surface area contributed by atoms with Crippen LogP contribution >= 0.6 is 0 Å². The molecular weight excluding hydrogens is 331 g/mol. The van der Waals surface area contributed by atoms with Gasteiger partial charge >= 0.3 is 5.97 Å². The van der Waals surface area contributed by atoms with Crippen LogP contribution in [0.5, 0.6) is 0 Å². The number of methoxy groups -OCH3 is 1. The Morgan fingerprint density at radius 3 is 2.48 bits per heavy atom. The summed E-state index contributed by atoms with van der Waals surface area (Å²) in [5, 5.41) is 11.2. The van der Waals surface area contributed by atoms with E-state index in [1.165, 1.54) is 12.1 Å². The molecule has 0 aromatic heterocycles. The molecule has 0 bridgehead atoms. The van der Waals surface area contributed by atoms with Gasteiger partial charge in [0.2, 0.25) is 15.6 Å². The third-order valence-electron chi connectivity index (χ3n) is 3.09. The number of ether oxygens (including phenoxy) is 1. The van der Waals surface area contributed by atoms with Gasteiger partial charge in [-0.3, -0.25) is 9.52 Å². The Balaban J connectivity index is 3.02. The Morgan fingerprint density at radius 2 is 2.00 bits per heavy atom. The fraction of sp³-hybridized carbons (Fsp3) is 0.385. The highest BCUT2D eigenvalue weighted by Crippen LogP contribution is 2.20. The molecule has 1 amide bonds. The SMILES string of the molecule is COC(C)(C(=O)O)C(=O)NCc1c(F)cccc1NS(C)(=O)=O. The van der Waals surface area contributed by atoms with Crippen molar-refractivity contribution in [2.75, 3.05) is 18.1 Å². The van der Waals surface area contributed by atoms with Gasteiger partial charge in [-0.05, 0) is 19.1 Å². The van der Waals surface area contributed by atoms with E-state index in [4.69, 9.17) is 5.11 Å². The van der Waals surface area contributed by atoms with Crippen LogP contribution in [0.15, 0.2) is 18.2 Å². The molecule has 0 spiro atoms. The van der Waals surface area contributed by atoms with Crippen molar-refractivity contribution in [3.8, 4) is 0 Å². The van der Waals surface area contributed by atoms with Crippen LogP contribution in [0.25, 0.3) is 0 Å². The highest BCUT2D eigenvalue weighted by Gasteiger charge is 2.41. The highest BCUT2D eigenvalue weighted by molar-refractivity contribution is 7.92. The standard InChI is InChI=1S/C13H17FN2O6S/c1-13(22-2,12(18)19)11(17)15-7-8-9(14)5-4-6-10(8)16-23(3,20)21/h4-6,16H,7H2,1-3H3,(H,15,17)(H,18,19). The minimum Gasteiger partial charge on any atom is -0.479 e. The Bertz CT molecular complexity index is 721. The normalized spacial score (nSPS) is 13.9. The van der Waals surface area contributed by atoms with Gasteiger partial charge in [-0.25, -0.2) is 17.6 Å². The molecule has 10 heteroatoms. The number of anilines is 1. The summed E-state index contributed by atoms with van der Waals surface area (Å²) in [6.07, 6.45) is 0.896. The molecule has 128 valence electrons. The molecule has 0 fully saturated rings. The lowest BCUT2D eigenvalue weighted by Gasteiger charge is -2.22. The fourth-order valence-corrected chi connectivity index (χ4v) is 2.24. The van der Waals surface area contributed by atoms with E-state index in [1.807, 2.05) is 0 Å². The predicted octanol–water partition coefficient (Wildman–Crippen LogP) is 0.303. The number of carbonyl (C=O) groups is 2. The number of carboxylic acid groups (broad SMARTS) is 1. The highest BCUT2D eigenvalue weighted by atomic mass is 32.2. The van der Waals surface area contributed by atoms with E-state index in [1.54, 1.807) is 0 Å². The Hall–Kier alpha value is -2.20. The summed E-state index contributed by atoms with van der Waals surface area (Å²) < 4.78 is 43.2. The van der Waals surface area contributed by atoms with E-state index in [-0.39, 0.29) is 11.3 Å². The molecule has 1 aromatic rings. The summed E-state index contributed by atoms with van der Waals surface area (Å²) in [7, 11) is -2.60. The largest absolute Gasteiger partial charge is 0.479 e. The average molecular weight is 348 g/mol. The number of nitrogens with one attached hydrogen (secondary N) is 2. The summed E-state index contributed by atoms with van der Waals surface area (Å²) in [4.78, 5) is 23.0. The number of aliphatic carboxylic acids is 1. The molecule has 3 N–H and O–H groups in total. The lowest BCUT2D eigenvalue weighted by Crippen LogP contribution is -2.51. The maximum absolute atomic E-state index is 13.9. The van der Waals surface area contributed by atoms with Crippen LogP contribution in [-0.4, -0.2) is 44.4 Å². The number of carboxylic acids is 1. The van der Waals surface area contributed by atoms with Crippen molar-refractivity contribution in [3.05, 3.63) is 29.6 Å². The predicted molar refractivity (Wildman–Crippen MR) is 79.8 cm³/mol. The van der Waals surface area contributed by atoms with Gasteiger partial charge in [0.15, 0.2) is 0 Å². The molecule has 0 aliphatic carbocycles. The van der Waals surface area contributed by atoms with E-state index < -0.39 is 39.9 Å².